The van der Waals surface area contributed by atoms with E-state index in [9.17, 15) is 4.79 Å². The summed E-state index contributed by atoms with van der Waals surface area (Å²) < 4.78 is 0. The molecule has 3 unspecified atom stereocenters. The van der Waals surface area contributed by atoms with Crippen LogP contribution in [0.3, 0.4) is 0 Å². The summed E-state index contributed by atoms with van der Waals surface area (Å²) in [6.45, 7) is 2.16. The van der Waals surface area contributed by atoms with Crippen molar-refractivity contribution in [3.8, 4) is 0 Å². The molecular weight excluding hydrogens is 152 g/mol. The molecule has 1 saturated carbocycles. The van der Waals surface area contributed by atoms with Crippen LogP contribution in [0, 0.1) is 11.8 Å². The van der Waals surface area contributed by atoms with E-state index in [1.807, 2.05) is 0 Å². The van der Waals surface area contributed by atoms with Crippen molar-refractivity contribution < 1.29 is 4.79 Å². The second-order valence-corrected chi connectivity index (χ2v) is 3.88. The normalized spacial score (nSPS) is 36.1. The average molecular weight is 170 g/mol. The highest BCUT2D eigenvalue weighted by Crippen LogP contribution is 2.27. The molecule has 3 N–H and O–H groups in total. The van der Waals surface area contributed by atoms with Crippen LogP contribution in [-0.2, 0) is 4.79 Å². The number of nitrogens with one attached hydrogen (secondary N) is 1. The molecule has 0 aliphatic heterocycles. The van der Waals surface area contributed by atoms with Gasteiger partial charge in [0, 0.05) is 19.0 Å². The Bertz CT molecular complexity index is 160. The van der Waals surface area contributed by atoms with E-state index in [0.29, 0.717) is 5.92 Å². The summed E-state index contributed by atoms with van der Waals surface area (Å²) in [5.41, 5.74) is 5.83. The van der Waals surface area contributed by atoms with E-state index in [-0.39, 0.29) is 17.9 Å². The molecule has 0 saturated heterocycles. The monoisotopic (exact) mass is 170 g/mol. The van der Waals surface area contributed by atoms with Crippen LogP contribution in [-0.4, -0.2) is 19.0 Å². The van der Waals surface area contributed by atoms with Crippen molar-refractivity contribution in [1.82, 2.24) is 5.32 Å². The lowest BCUT2D eigenvalue weighted by Gasteiger charge is -2.29. The van der Waals surface area contributed by atoms with Gasteiger partial charge in [-0.25, -0.2) is 0 Å². The quantitative estimate of drug-likeness (QED) is 0.602. The van der Waals surface area contributed by atoms with Crippen LogP contribution >= 0.6 is 0 Å². The molecule has 1 fully saturated rings. The Morgan fingerprint density at radius 1 is 1.42 bits per heavy atom. The van der Waals surface area contributed by atoms with Crippen LogP contribution < -0.4 is 11.1 Å². The van der Waals surface area contributed by atoms with Crippen molar-refractivity contribution in [3.05, 3.63) is 0 Å². The number of amides is 1. The number of carbonyl (C=O) groups excluding carboxylic acids is 1. The van der Waals surface area contributed by atoms with Crippen molar-refractivity contribution in [2.75, 3.05) is 7.05 Å². The summed E-state index contributed by atoms with van der Waals surface area (Å²) in [4.78, 5) is 11.3. The van der Waals surface area contributed by atoms with Crippen LogP contribution in [0.2, 0.25) is 0 Å². The van der Waals surface area contributed by atoms with Gasteiger partial charge in [-0.3, -0.25) is 4.79 Å². The Kier molecular flexibility index (Phi) is 3.09. The molecule has 0 aromatic rings. The zero-order valence-electron chi connectivity index (χ0n) is 7.84. The molecule has 0 spiro atoms. The van der Waals surface area contributed by atoms with E-state index in [0.717, 1.165) is 19.3 Å². The van der Waals surface area contributed by atoms with Crippen molar-refractivity contribution in [2.45, 2.75) is 32.2 Å². The van der Waals surface area contributed by atoms with Gasteiger partial charge in [-0.1, -0.05) is 6.92 Å². The largest absolute Gasteiger partial charge is 0.359 e. The Morgan fingerprint density at radius 3 is 2.58 bits per heavy atom. The van der Waals surface area contributed by atoms with Crippen molar-refractivity contribution in [1.29, 1.82) is 0 Å². The highest BCUT2D eigenvalue weighted by atomic mass is 16.1. The maximum absolute atomic E-state index is 11.3. The molecular formula is C9H18N2O. The van der Waals surface area contributed by atoms with Gasteiger partial charge in [0.2, 0.25) is 5.91 Å². The molecule has 12 heavy (non-hydrogen) atoms. The number of carbonyl (C=O) groups is 1. The lowest BCUT2D eigenvalue weighted by Crippen LogP contribution is -2.38. The van der Waals surface area contributed by atoms with Crippen molar-refractivity contribution in [3.63, 3.8) is 0 Å². The molecule has 3 atom stereocenters. The van der Waals surface area contributed by atoms with Crippen LogP contribution in [0.4, 0.5) is 0 Å². The third kappa shape index (κ3) is 2.21. The summed E-state index contributed by atoms with van der Waals surface area (Å²) in [6.07, 6.45) is 2.91. The fraction of sp³-hybridized carbons (Fsp3) is 0.889. The fourth-order valence-corrected chi connectivity index (χ4v) is 2.07. The predicted molar refractivity (Wildman–Crippen MR) is 48.5 cm³/mol. The Labute approximate surface area is 73.7 Å². The smallest absolute Gasteiger partial charge is 0.222 e. The third-order valence-electron chi connectivity index (χ3n) is 2.60. The zero-order valence-corrected chi connectivity index (χ0v) is 7.84. The summed E-state index contributed by atoms with van der Waals surface area (Å²) in [5, 5.41) is 2.68. The molecule has 70 valence electrons. The lowest BCUT2D eigenvalue weighted by molar-refractivity contribution is -0.126. The highest BCUT2D eigenvalue weighted by molar-refractivity contribution is 5.78. The van der Waals surface area contributed by atoms with Crippen LogP contribution in [0.1, 0.15) is 26.2 Å². The predicted octanol–water partition coefficient (Wildman–Crippen LogP) is 0.496. The van der Waals surface area contributed by atoms with Crippen LogP contribution in [0.25, 0.3) is 0 Å². The van der Waals surface area contributed by atoms with Gasteiger partial charge < -0.3 is 11.1 Å². The Morgan fingerprint density at radius 2 is 2.08 bits per heavy atom. The first-order valence-electron chi connectivity index (χ1n) is 4.60. The van der Waals surface area contributed by atoms with Crippen LogP contribution in [0.15, 0.2) is 0 Å². The second kappa shape index (κ2) is 3.90. The molecule has 3 heteroatoms. The first-order valence-corrected chi connectivity index (χ1v) is 4.60. The Balaban J connectivity index is 2.49. The molecule has 3 nitrogen and oxygen atoms in total. The first kappa shape index (κ1) is 9.52. The molecule has 1 amide bonds. The highest BCUT2D eigenvalue weighted by Gasteiger charge is 2.28. The standard InChI is InChI=1S/C9H18N2O/c1-6-3-7(9(12)11-2)5-8(10)4-6/h6-8H,3-5,10H2,1-2H3,(H,11,12). The van der Waals surface area contributed by atoms with Gasteiger partial charge in [0.25, 0.3) is 0 Å². The van der Waals surface area contributed by atoms with E-state index in [1.165, 1.54) is 0 Å². The molecule has 0 heterocycles. The van der Waals surface area contributed by atoms with Crippen molar-refractivity contribution in [2.24, 2.45) is 17.6 Å². The van der Waals surface area contributed by atoms with Gasteiger partial charge in [-0.05, 0) is 25.2 Å². The summed E-state index contributed by atoms with van der Waals surface area (Å²) in [6, 6.07) is 0.219. The van der Waals surface area contributed by atoms with Gasteiger partial charge in [0.15, 0.2) is 0 Å². The first-order chi connectivity index (χ1) is 5.63. The van der Waals surface area contributed by atoms with E-state index in [4.69, 9.17) is 5.73 Å². The molecule has 0 aromatic carbocycles. The number of hydrogen-bond acceptors (Lipinski definition) is 2. The van der Waals surface area contributed by atoms with Gasteiger partial charge in [-0.15, -0.1) is 0 Å². The van der Waals surface area contributed by atoms with Crippen LogP contribution in [0.5, 0.6) is 0 Å². The minimum atomic E-state index is 0.147. The molecule has 1 rings (SSSR count). The minimum absolute atomic E-state index is 0.147. The maximum Gasteiger partial charge on any atom is 0.222 e. The van der Waals surface area contributed by atoms with E-state index in [1.54, 1.807) is 7.05 Å². The Hall–Kier alpha value is -0.570. The van der Waals surface area contributed by atoms with Gasteiger partial charge in [0.1, 0.15) is 0 Å². The van der Waals surface area contributed by atoms with Gasteiger partial charge in [0.05, 0.1) is 0 Å². The van der Waals surface area contributed by atoms with E-state index in [2.05, 4.69) is 12.2 Å². The number of nitrogens with two attached hydrogens (primary N) is 1. The lowest BCUT2D eigenvalue weighted by atomic mass is 9.79. The average Bonchev–Trinajstić information content (AvgIpc) is 2.01. The fourth-order valence-electron chi connectivity index (χ4n) is 2.07. The maximum atomic E-state index is 11.3. The molecule has 0 radical (unpaired) electrons. The number of hydrogen-bond donors (Lipinski definition) is 2. The second-order valence-electron chi connectivity index (χ2n) is 3.88. The molecule has 1 aliphatic rings. The number of rotatable bonds is 1. The van der Waals surface area contributed by atoms with E-state index >= 15 is 0 Å². The SMILES string of the molecule is CNC(=O)C1CC(C)CC(N)C1. The topological polar surface area (TPSA) is 55.1 Å². The summed E-state index contributed by atoms with van der Waals surface area (Å²) in [7, 11) is 1.69. The third-order valence-corrected chi connectivity index (χ3v) is 2.60. The summed E-state index contributed by atoms with van der Waals surface area (Å²) in [5.74, 6) is 0.891. The minimum Gasteiger partial charge on any atom is -0.359 e. The zero-order chi connectivity index (χ0) is 9.14. The molecule has 0 aromatic heterocycles. The van der Waals surface area contributed by atoms with Crippen molar-refractivity contribution >= 4 is 5.91 Å². The molecule has 0 bridgehead atoms. The molecule has 1 aliphatic carbocycles. The summed E-state index contributed by atoms with van der Waals surface area (Å²) >= 11 is 0. The van der Waals surface area contributed by atoms with Gasteiger partial charge in [-0.2, -0.15) is 0 Å². The van der Waals surface area contributed by atoms with Gasteiger partial charge >= 0.3 is 0 Å². The van der Waals surface area contributed by atoms with E-state index < -0.39 is 0 Å².